The van der Waals surface area contributed by atoms with Gasteiger partial charge in [-0.05, 0) is 29.0 Å². The number of nitrogens with zero attached hydrogens (tertiary/aromatic N) is 2. The maximum atomic E-state index is 11.6. The number of hydrogen-bond donors (Lipinski definition) is 1. The molecule has 0 amide bonds. The summed E-state index contributed by atoms with van der Waals surface area (Å²) < 4.78 is 1.89. The van der Waals surface area contributed by atoms with E-state index in [1.165, 1.54) is 23.2 Å². The number of aromatic nitrogens is 2. The third kappa shape index (κ3) is 3.16. The van der Waals surface area contributed by atoms with Gasteiger partial charge in [-0.25, -0.2) is 9.78 Å². The van der Waals surface area contributed by atoms with Crippen molar-refractivity contribution in [3.8, 4) is 0 Å². The smallest absolute Gasteiger partial charge is 0.331 e. The molecule has 0 saturated carbocycles. The summed E-state index contributed by atoms with van der Waals surface area (Å²) in [5.74, 6) is -0.950. The predicted octanol–water partition coefficient (Wildman–Crippen LogP) is 1.27. The number of allylic oxidation sites excluding steroid dienone is 1. The molecule has 0 unspecified atom stereocenters. The molecule has 0 aromatic carbocycles. The predicted molar refractivity (Wildman–Crippen MR) is 67.2 cm³/mol. The molecule has 1 aromatic rings. The molecule has 0 saturated heterocycles. The standard InChI is InChI=1S/C10H11IN2O3/c1-2-7(10(15)16)3-4-13-6-12-5-8(11)9(13)14/h3,5-6H,2,4H2,1H3,(H,15,16). The van der Waals surface area contributed by atoms with Gasteiger partial charge in [-0.15, -0.1) is 0 Å². The number of carboxylic acid groups (broad SMARTS) is 1. The van der Waals surface area contributed by atoms with Crippen LogP contribution < -0.4 is 5.56 Å². The van der Waals surface area contributed by atoms with Gasteiger partial charge in [0.2, 0.25) is 0 Å². The van der Waals surface area contributed by atoms with Crippen LogP contribution in [0.2, 0.25) is 0 Å². The Morgan fingerprint density at radius 3 is 2.94 bits per heavy atom. The second-order valence-electron chi connectivity index (χ2n) is 3.09. The van der Waals surface area contributed by atoms with Crippen LogP contribution in [0, 0.1) is 3.57 Å². The van der Waals surface area contributed by atoms with Gasteiger partial charge in [0, 0.05) is 18.3 Å². The van der Waals surface area contributed by atoms with Crippen LogP contribution in [0.3, 0.4) is 0 Å². The molecular weight excluding hydrogens is 323 g/mol. The van der Waals surface area contributed by atoms with Gasteiger partial charge in [0.15, 0.2) is 0 Å². The highest BCUT2D eigenvalue weighted by atomic mass is 127. The van der Waals surface area contributed by atoms with Gasteiger partial charge in [0.25, 0.3) is 5.56 Å². The van der Waals surface area contributed by atoms with E-state index in [9.17, 15) is 9.59 Å². The van der Waals surface area contributed by atoms with Gasteiger partial charge in [-0.1, -0.05) is 13.0 Å². The van der Waals surface area contributed by atoms with E-state index in [0.29, 0.717) is 15.6 Å². The summed E-state index contributed by atoms with van der Waals surface area (Å²) in [7, 11) is 0. The minimum atomic E-state index is -0.950. The molecule has 0 aliphatic carbocycles. The first kappa shape index (κ1) is 12.9. The molecule has 1 heterocycles. The molecule has 16 heavy (non-hydrogen) atoms. The Bertz CT molecular complexity index is 479. The van der Waals surface area contributed by atoms with Crippen molar-refractivity contribution < 1.29 is 9.90 Å². The fraction of sp³-hybridized carbons (Fsp3) is 0.300. The number of carbonyl (C=O) groups is 1. The van der Waals surface area contributed by atoms with Gasteiger partial charge < -0.3 is 5.11 Å². The van der Waals surface area contributed by atoms with Crippen molar-refractivity contribution >= 4 is 28.6 Å². The van der Waals surface area contributed by atoms with E-state index in [0.717, 1.165) is 0 Å². The fourth-order valence-electron chi connectivity index (χ4n) is 1.15. The van der Waals surface area contributed by atoms with E-state index < -0.39 is 5.97 Å². The van der Waals surface area contributed by atoms with E-state index in [2.05, 4.69) is 4.98 Å². The Morgan fingerprint density at radius 1 is 1.69 bits per heavy atom. The Labute approximate surface area is 106 Å². The van der Waals surface area contributed by atoms with Crippen molar-refractivity contribution in [1.29, 1.82) is 0 Å². The van der Waals surface area contributed by atoms with Gasteiger partial charge >= 0.3 is 5.97 Å². The third-order valence-corrected chi connectivity index (χ3v) is 2.79. The average molecular weight is 334 g/mol. The SMILES string of the molecule is CCC(=CCn1cncc(I)c1=O)C(=O)O. The molecule has 0 radical (unpaired) electrons. The number of rotatable bonds is 4. The Balaban J connectivity index is 2.94. The van der Waals surface area contributed by atoms with Gasteiger partial charge in [0.1, 0.15) is 0 Å². The number of halogens is 1. The first-order chi connectivity index (χ1) is 7.56. The quantitative estimate of drug-likeness (QED) is 0.665. The molecule has 0 bridgehead atoms. The lowest BCUT2D eigenvalue weighted by Gasteiger charge is -2.02. The van der Waals surface area contributed by atoms with E-state index in [-0.39, 0.29) is 12.1 Å². The first-order valence-corrected chi connectivity index (χ1v) is 5.76. The summed E-state index contributed by atoms with van der Waals surface area (Å²) in [6, 6.07) is 0. The van der Waals surface area contributed by atoms with Gasteiger partial charge in [0.05, 0.1) is 9.90 Å². The van der Waals surface area contributed by atoms with E-state index in [4.69, 9.17) is 5.11 Å². The van der Waals surface area contributed by atoms with Crippen molar-refractivity contribution in [3.05, 3.63) is 38.1 Å². The van der Waals surface area contributed by atoms with Crippen LogP contribution in [0.4, 0.5) is 0 Å². The minimum absolute atomic E-state index is 0.160. The first-order valence-electron chi connectivity index (χ1n) is 4.68. The second kappa shape index (κ2) is 5.78. The number of carboxylic acids is 1. The van der Waals surface area contributed by atoms with Crippen molar-refractivity contribution in [2.75, 3.05) is 0 Å². The topological polar surface area (TPSA) is 72.2 Å². The molecule has 0 aliphatic heterocycles. The summed E-state index contributed by atoms with van der Waals surface area (Å²) in [5.41, 5.74) is 0.137. The van der Waals surface area contributed by atoms with Crippen LogP contribution in [0.1, 0.15) is 13.3 Å². The highest BCUT2D eigenvalue weighted by Crippen LogP contribution is 2.01. The monoisotopic (exact) mass is 334 g/mol. The molecule has 0 spiro atoms. The van der Waals surface area contributed by atoms with Crippen molar-refractivity contribution in [1.82, 2.24) is 9.55 Å². The van der Waals surface area contributed by atoms with E-state index in [1.54, 1.807) is 6.92 Å². The molecule has 1 N–H and O–H groups in total. The maximum Gasteiger partial charge on any atom is 0.331 e. The van der Waals surface area contributed by atoms with E-state index in [1.807, 2.05) is 22.6 Å². The molecular formula is C10H11IN2O3. The Morgan fingerprint density at radius 2 is 2.38 bits per heavy atom. The highest BCUT2D eigenvalue weighted by molar-refractivity contribution is 14.1. The van der Waals surface area contributed by atoms with E-state index >= 15 is 0 Å². The maximum absolute atomic E-state index is 11.6. The third-order valence-electron chi connectivity index (χ3n) is 2.05. The lowest BCUT2D eigenvalue weighted by atomic mass is 10.2. The van der Waals surface area contributed by atoms with Crippen LogP contribution in [0.25, 0.3) is 0 Å². The fourth-order valence-corrected chi connectivity index (χ4v) is 1.62. The van der Waals surface area contributed by atoms with Gasteiger partial charge in [-0.3, -0.25) is 9.36 Å². The summed E-state index contributed by atoms with van der Waals surface area (Å²) in [6.45, 7) is 1.99. The summed E-state index contributed by atoms with van der Waals surface area (Å²) in [6.07, 6.45) is 4.83. The van der Waals surface area contributed by atoms with Crippen LogP contribution in [0.15, 0.2) is 29.0 Å². The lowest BCUT2D eigenvalue weighted by Crippen LogP contribution is -2.22. The normalized spacial score (nSPS) is 11.5. The largest absolute Gasteiger partial charge is 0.478 e. The molecule has 0 fully saturated rings. The zero-order chi connectivity index (χ0) is 12.1. The zero-order valence-electron chi connectivity index (χ0n) is 8.68. The summed E-state index contributed by atoms with van der Waals surface area (Å²) in [4.78, 5) is 26.2. The van der Waals surface area contributed by atoms with Crippen LogP contribution in [-0.4, -0.2) is 20.6 Å². The van der Waals surface area contributed by atoms with Crippen molar-refractivity contribution in [2.45, 2.75) is 19.9 Å². The number of aliphatic carboxylic acids is 1. The number of hydrogen-bond acceptors (Lipinski definition) is 3. The average Bonchev–Trinajstić information content (AvgIpc) is 2.24. The molecule has 5 nitrogen and oxygen atoms in total. The van der Waals surface area contributed by atoms with Crippen LogP contribution in [0.5, 0.6) is 0 Å². The molecule has 1 rings (SSSR count). The summed E-state index contributed by atoms with van der Waals surface area (Å²) >= 11 is 1.90. The van der Waals surface area contributed by atoms with Crippen molar-refractivity contribution in [3.63, 3.8) is 0 Å². The Kier molecular flexibility index (Phi) is 4.66. The minimum Gasteiger partial charge on any atom is -0.478 e. The van der Waals surface area contributed by atoms with Gasteiger partial charge in [-0.2, -0.15) is 0 Å². The lowest BCUT2D eigenvalue weighted by molar-refractivity contribution is -0.132. The summed E-state index contributed by atoms with van der Waals surface area (Å²) in [5, 5.41) is 8.80. The molecule has 6 heteroatoms. The highest BCUT2D eigenvalue weighted by Gasteiger charge is 2.04. The zero-order valence-corrected chi connectivity index (χ0v) is 10.8. The molecule has 0 atom stereocenters. The van der Waals surface area contributed by atoms with Crippen molar-refractivity contribution in [2.24, 2.45) is 0 Å². The van der Waals surface area contributed by atoms with Crippen LogP contribution >= 0.6 is 22.6 Å². The molecule has 86 valence electrons. The molecule has 1 aromatic heterocycles. The Hall–Kier alpha value is -1.18. The second-order valence-corrected chi connectivity index (χ2v) is 4.25. The molecule has 0 aliphatic rings. The van der Waals surface area contributed by atoms with Crippen LogP contribution in [-0.2, 0) is 11.3 Å².